The molecule has 4 atom stereocenters. The van der Waals surface area contributed by atoms with Crippen LogP contribution in [0.25, 0.3) is 0 Å². The second-order valence-corrected chi connectivity index (χ2v) is 16.0. The van der Waals surface area contributed by atoms with Crippen LogP contribution in [-0.2, 0) is 11.0 Å². The zero-order valence-corrected chi connectivity index (χ0v) is 23.1. The Morgan fingerprint density at radius 3 is 2.62 bits per heavy atom. The fourth-order valence-corrected chi connectivity index (χ4v) is 5.70. The zero-order chi connectivity index (χ0) is 26.8. The third kappa shape index (κ3) is 5.98. The van der Waals surface area contributed by atoms with Crippen molar-refractivity contribution < 1.29 is 19.4 Å². The maximum absolute atomic E-state index is 13.4. The number of nitrogens with zero attached hydrogens (tertiary/aromatic N) is 4. The van der Waals surface area contributed by atoms with E-state index in [-0.39, 0.29) is 29.4 Å². The molecule has 198 valence electrons. The Labute approximate surface area is 219 Å². The highest BCUT2D eigenvalue weighted by Crippen LogP contribution is 2.41. The molecule has 0 radical (unpaired) electrons. The van der Waals surface area contributed by atoms with Gasteiger partial charge in [-0.25, -0.2) is 9.97 Å². The van der Waals surface area contributed by atoms with Crippen LogP contribution in [0.2, 0.25) is 18.1 Å². The number of hydrogen-bond acceptors (Lipinski definition) is 8. The summed E-state index contributed by atoms with van der Waals surface area (Å²) in [6.07, 6.45) is 3.75. The van der Waals surface area contributed by atoms with E-state index in [0.717, 1.165) is 5.56 Å². The minimum atomic E-state index is -2.22. The first-order chi connectivity index (χ1) is 17.5. The molecule has 0 saturated heterocycles. The van der Waals surface area contributed by atoms with Gasteiger partial charge in [-0.3, -0.25) is 9.48 Å². The van der Waals surface area contributed by atoms with Gasteiger partial charge in [0.25, 0.3) is 0 Å². The molecule has 10 heteroatoms. The van der Waals surface area contributed by atoms with Crippen molar-refractivity contribution in [2.75, 3.05) is 11.9 Å². The van der Waals surface area contributed by atoms with Crippen molar-refractivity contribution in [1.82, 2.24) is 19.7 Å². The number of aliphatic hydroxyl groups is 2. The molecule has 3 aromatic rings. The Morgan fingerprint density at radius 2 is 1.95 bits per heavy atom. The average molecular weight is 524 g/mol. The summed E-state index contributed by atoms with van der Waals surface area (Å²) in [6, 6.07) is 11.3. The average Bonchev–Trinajstić information content (AvgIpc) is 3.43. The van der Waals surface area contributed by atoms with Gasteiger partial charge in [0, 0.05) is 24.9 Å². The van der Waals surface area contributed by atoms with Crippen molar-refractivity contribution in [3.8, 4) is 0 Å². The summed E-state index contributed by atoms with van der Waals surface area (Å²) >= 11 is 0. The minimum Gasteiger partial charge on any atom is -0.409 e. The van der Waals surface area contributed by atoms with Gasteiger partial charge in [0.15, 0.2) is 8.32 Å². The fourth-order valence-electron chi connectivity index (χ4n) is 4.36. The van der Waals surface area contributed by atoms with E-state index in [9.17, 15) is 15.0 Å². The molecule has 1 saturated carbocycles. The lowest BCUT2D eigenvalue weighted by Crippen LogP contribution is -2.50. The Balaban J connectivity index is 1.56. The van der Waals surface area contributed by atoms with E-state index in [0.29, 0.717) is 30.0 Å². The zero-order valence-electron chi connectivity index (χ0n) is 22.1. The summed E-state index contributed by atoms with van der Waals surface area (Å²) in [6.45, 7) is 11.1. The molecule has 1 aromatic carbocycles. The van der Waals surface area contributed by atoms with Gasteiger partial charge in [0.1, 0.15) is 17.8 Å². The van der Waals surface area contributed by atoms with Crippen molar-refractivity contribution in [3.63, 3.8) is 0 Å². The maximum Gasteiger partial charge on any atom is 0.218 e. The third-order valence-electron chi connectivity index (χ3n) is 7.58. The van der Waals surface area contributed by atoms with Crippen LogP contribution < -0.4 is 5.32 Å². The Morgan fingerprint density at radius 1 is 1.22 bits per heavy atom. The van der Waals surface area contributed by atoms with E-state index in [2.05, 4.69) is 54.2 Å². The minimum absolute atomic E-state index is 0.0524. The lowest BCUT2D eigenvalue weighted by molar-refractivity contribution is 0.0106. The molecule has 9 nitrogen and oxygen atoms in total. The number of aromatic nitrogens is 4. The summed E-state index contributed by atoms with van der Waals surface area (Å²) in [5.41, 5.74) is 1.67. The predicted molar refractivity (Wildman–Crippen MR) is 144 cm³/mol. The monoisotopic (exact) mass is 523 g/mol. The van der Waals surface area contributed by atoms with E-state index in [1.807, 2.05) is 30.3 Å². The van der Waals surface area contributed by atoms with Crippen LogP contribution in [0, 0.1) is 5.92 Å². The van der Waals surface area contributed by atoms with E-state index >= 15 is 0 Å². The number of anilines is 1. The first-order valence-corrected chi connectivity index (χ1v) is 15.6. The van der Waals surface area contributed by atoms with Crippen LogP contribution in [0.15, 0.2) is 55.1 Å². The van der Waals surface area contributed by atoms with Crippen LogP contribution in [0.5, 0.6) is 0 Å². The van der Waals surface area contributed by atoms with Gasteiger partial charge in [0.05, 0.1) is 30.4 Å². The van der Waals surface area contributed by atoms with Crippen molar-refractivity contribution >= 4 is 19.9 Å². The summed E-state index contributed by atoms with van der Waals surface area (Å²) in [5.74, 6) is -0.270. The Hall–Kier alpha value is -2.92. The molecule has 1 aliphatic rings. The van der Waals surface area contributed by atoms with Crippen molar-refractivity contribution in [3.05, 3.63) is 71.9 Å². The lowest BCUT2D eigenvalue weighted by atomic mass is 10.1. The molecule has 0 spiro atoms. The molecular weight excluding hydrogens is 486 g/mol. The molecular formula is C27H37N5O4Si. The third-order valence-corrected chi connectivity index (χ3v) is 12.1. The topological polar surface area (TPSA) is 122 Å². The van der Waals surface area contributed by atoms with E-state index < -0.39 is 20.5 Å². The van der Waals surface area contributed by atoms with Crippen molar-refractivity contribution in [2.24, 2.45) is 5.92 Å². The molecule has 0 unspecified atom stereocenters. The maximum atomic E-state index is 13.4. The standard InChI is InChI=1S/C27H37N5O4Si/c1-27(2,3)37(4,5)36-25-22(13-19(16-33)23(25)34)30-26-20(14-28-17-29-26)24(35)21-11-12-32(31-21)15-18-9-7-6-8-10-18/h6-12,14,17,19,22-23,25,33-34H,13,15-16H2,1-5H3,(H,28,29,30)/t19-,22-,23-,25-/m1/s1. The molecule has 0 bridgehead atoms. The first kappa shape index (κ1) is 27.1. The number of rotatable bonds is 9. The van der Waals surface area contributed by atoms with Crippen LogP contribution >= 0.6 is 0 Å². The number of nitrogens with one attached hydrogen (secondary N) is 1. The number of carbonyl (C=O) groups is 1. The molecule has 2 heterocycles. The number of ketones is 1. The highest BCUT2D eigenvalue weighted by Gasteiger charge is 2.48. The Bertz CT molecular complexity index is 1210. The van der Waals surface area contributed by atoms with Gasteiger partial charge in [-0.05, 0) is 36.2 Å². The van der Waals surface area contributed by atoms with Gasteiger partial charge in [-0.1, -0.05) is 51.1 Å². The molecule has 37 heavy (non-hydrogen) atoms. The van der Waals surface area contributed by atoms with Crippen LogP contribution in [-0.4, -0.2) is 68.9 Å². The van der Waals surface area contributed by atoms with E-state index in [1.165, 1.54) is 12.5 Å². The SMILES string of the molecule is CC(C)(C)[Si](C)(C)O[C@H]1[C@H](O)[C@@H](CO)C[C@H]1Nc1ncncc1C(=O)c1ccn(Cc2ccccc2)n1. The second kappa shape index (κ2) is 10.8. The molecule has 1 aliphatic carbocycles. The van der Waals surface area contributed by atoms with Crippen LogP contribution in [0.4, 0.5) is 5.82 Å². The molecule has 1 fully saturated rings. The molecule has 0 amide bonds. The van der Waals surface area contributed by atoms with Gasteiger partial charge < -0.3 is 20.0 Å². The summed E-state index contributed by atoms with van der Waals surface area (Å²) in [5, 5.41) is 28.6. The van der Waals surface area contributed by atoms with Gasteiger partial charge >= 0.3 is 0 Å². The number of carbonyl (C=O) groups excluding carboxylic acids is 1. The smallest absolute Gasteiger partial charge is 0.218 e. The normalized spacial score (nSPS) is 22.2. The summed E-state index contributed by atoms with van der Waals surface area (Å²) in [4.78, 5) is 21.9. The predicted octanol–water partition coefficient (Wildman–Crippen LogP) is 3.50. The number of benzene rings is 1. The molecule has 4 rings (SSSR count). The van der Waals surface area contributed by atoms with Crippen LogP contribution in [0.3, 0.4) is 0 Å². The Kier molecular flexibility index (Phi) is 7.93. The quantitative estimate of drug-likeness (QED) is 0.288. The fraction of sp³-hybridized carbons (Fsp3) is 0.481. The second-order valence-electron chi connectivity index (χ2n) is 11.3. The van der Waals surface area contributed by atoms with Crippen molar-refractivity contribution in [2.45, 2.75) is 70.1 Å². The molecule has 2 aromatic heterocycles. The van der Waals surface area contributed by atoms with E-state index in [4.69, 9.17) is 4.43 Å². The van der Waals surface area contributed by atoms with Gasteiger partial charge in [-0.15, -0.1) is 0 Å². The summed E-state index contributed by atoms with van der Waals surface area (Å²) in [7, 11) is -2.22. The number of hydrogen-bond donors (Lipinski definition) is 3. The van der Waals surface area contributed by atoms with Gasteiger partial charge in [-0.2, -0.15) is 5.10 Å². The largest absolute Gasteiger partial charge is 0.409 e. The molecule has 3 N–H and O–H groups in total. The van der Waals surface area contributed by atoms with Crippen molar-refractivity contribution in [1.29, 1.82) is 0 Å². The highest BCUT2D eigenvalue weighted by atomic mass is 28.4. The number of aliphatic hydroxyl groups excluding tert-OH is 2. The highest BCUT2D eigenvalue weighted by molar-refractivity contribution is 6.74. The van der Waals surface area contributed by atoms with Gasteiger partial charge in [0.2, 0.25) is 5.78 Å². The lowest BCUT2D eigenvalue weighted by Gasteiger charge is -2.40. The molecule has 0 aliphatic heterocycles. The summed E-state index contributed by atoms with van der Waals surface area (Å²) < 4.78 is 8.33. The first-order valence-electron chi connectivity index (χ1n) is 12.7. The van der Waals surface area contributed by atoms with Crippen LogP contribution in [0.1, 0.15) is 48.8 Å². The van der Waals surface area contributed by atoms with E-state index in [1.54, 1.807) is 16.9 Å².